The molecule has 116 valence electrons. The fraction of sp³-hybridized carbons (Fsp3) is 0.429. The van der Waals surface area contributed by atoms with Crippen molar-refractivity contribution in [3.8, 4) is 0 Å². The van der Waals surface area contributed by atoms with Crippen LogP contribution in [0.25, 0.3) is 0 Å². The first-order valence-corrected chi connectivity index (χ1v) is 9.64. The molecule has 21 heavy (non-hydrogen) atoms. The van der Waals surface area contributed by atoms with Crippen molar-refractivity contribution in [2.75, 3.05) is 6.54 Å². The van der Waals surface area contributed by atoms with E-state index in [1.165, 1.54) is 4.31 Å². The number of hydrogen-bond donors (Lipinski definition) is 0. The van der Waals surface area contributed by atoms with E-state index in [-0.39, 0.29) is 27.5 Å². The van der Waals surface area contributed by atoms with E-state index < -0.39 is 10.0 Å². The zero-order valence-electron chi connectivity index (χ0n) is 11.4. The fourth-order valence-electron chi connectivity index (χ4n) is 2.66. The molecular weight excluding hydrogens is 397 g/mol. The van der Waals surface area contributed by atoms with Gasteiger partial charge < -0.3 is 0 Å². The van der Waals surface area contributed by atoms with E-state index in [2.05, 4.69) is 22.5 Å². The van der Waals surface area contributed by atoms with Crippen molar-refractivity contribution in [1.29, 1.82) is 0 Å². The van der Waals surface area contributed by atoms with E-state index >= 15 is 0 Å². The van der Waals surface area contributed by atoms with E-state index in [4.69, 9.17) is 23.2 Å². The van der Waals surface area contributed by atoms with Gasteiger partial charge in [0.15, 0.2) is 0 Å². The molecule has 0 saturated heterocycles. The van der Waals surface area contributed by atoms with Crippen molar-refractivity contribution >= 4 is 49.2 Å². The van der Waals surface area contributed by atoms with Gasteiger partial charge in [0.1, 0.15) is 4.90 Å². The third-order valence-corrected chi connectivity index (χ3v) is 6.87. The molecule has 0 spiro atoms. The molecule has 7 heteroatoms. The molecule has 1 aliphatic carbocycles. The fourth-order valence-corrected chi connectivity index (χ4v) is 6.20. The molecule has 1 aliphatic rings. The van der Waals surface area contributed by atoms with Crippen LogP contribution < -0.4 is 0 Å². The molecule has 2 rings (SSSR count). The molecule has 1 aromatic rings. The average Bonchev–Trinajstić information content (AvgIpc) is 2.87. The number of sulfonamides is 1. The first-order valence-electron chi connectivity index (χ1n) is 6.65. The standard InChI is InChI=1S/C14H16BrCl2NO2S/c1-2-7-18(11-5-3-4-6-11)21(19,20)14-12(16)8-10(15)9-13(14)17/h2,8-9,11H,1,3-7H2. The van der Waals surface area contributed by atoms with Gasteiger partial charge in [-0.2, -0.15) is 4.31 Å². The SMILES string of the molecule is C=CCN(C1CCCC1)S(=O)(=O)c1c(Cl)cc(Br)cc1Cl. The van der Waals surface area contributed by atoms with Crippen LogP contribution in [0.4, 0.5) is 0 Å². The van der Waals surface area contributed by atoms with E-state index in [1.54, 1.807) is 18.2 Å². The van der Waals surface area contributed by atoms with E-state index in [0.717, 1.165) is 25.7 Å². The second-order valence-corrected chi connectivity index (χ2v) is 8.56. The molecule has 0 N–H and O–H groups in total. The molecule has 0 amide bonds. The van der Waals surface area contributed by atoms with Gasteiger partial charge in [-0.1, -0.05) is 58.0 Å². The number of nitrogens with zero attached hydrogens (tertiary/aromatic N) is 1. The molecule has 0 aliphatic heterocycles. The molecule has 0 aromatic heterocycles. The van der Waals surface area contributed by atoms with Gasteiger partial charge in [-0.25, -0.2) is 8.42 Å². The van der Waals surface area contributed by atoms with Gasteiger partial charge >= 0.3 is 0 Å². The summed E-state index contributed by atoms with van der Waals surface area (Å²) in [5.41, 5.74) is 0. The molecule has 0 bridgehead atoms. The first-order chi connectivity index (χ1) is 9.87. The first kappa shape index (κ1) is 17.3. The molecule has 3 nitrogen and oxygen atoms in total. The largest absolute Gasteiger partial charge is 0.246 e. The molecule has 0 unspecified atom stereocenters. The van der Waals surface area contributed by atoms with Crippen molar-refractivity contribution in [3.05, 3.63) is 39.3 Å². The monoisotopic (exact) mass is 411 g/mol. The summed E-state index contributed by atoms with van der Waals surface area (Å²) in [5, 5.41) is 0.253. The summed E-state index contributed by atoms with van der Waals surface area (Å²) in [5.74, 6) is 0. The summed E-state index contributed by atoms with van der Waals surface area (Å²) in [6, 6.07) is 3.08. The number of rotatable bonds is 5. The van der Waals surface area contributed by atoms with Crippen LogP contribution in [0.3, 0.4) is 0 Å². The summed E-state index contributed by atoms with van der Waals surface area (Å²) in [6.45, 7) is 3.92. The zero-order valence-corrected chi connectivity index (χ0v) is 15.3. The summed E-state index contributed by atoms with van der Waals surface area (Å²) in [4.78, 5) is -0.0252. The maximum absolute atomic E-state index is 13.0. The highest BCUT2D eigenvalue weighted by Gasteiger charge is 2.35. The van der Waals surface area contributed by atoms with Gasteiger partial charge in [0.25, 0.3) is 0 Å². The molecule has 0 heterocycles. The predicted molar refractivity (Wildman–Crippen MR) is 90.5 cm³/mol. The summed E-state index contributed by atoms with van der Waals surface area (Å²) >= 11 is 15.5. The Morgan fingerprint density at radius 2 is 1.81 bits per heavy atom. The minimum absolute atomic E-state index is 0.0104. The van der Waals surface area contributed by atoms with Crippen LogP contribution in [-0.4, -0.2) is 25.3 Å². The van der Waals surface area contributed by atoms with E-state index in [9.17, 15) is 8.42 Å². The van der Waals surface area contributed by atoms with Crippen LogP contribution in [0, 0.1) is 0 Å². The number of halogens is 3. The Balaban J connectivity index is 2.50. The smallest absolute Gasteiger partial charge is 0.207 e. The number of hydrogen-bond acceptors (Lipinski definition) is 2. The van der Waals surface area contributed by atoms with Crippen LogP contribution in [-0.2, 0) is 10.0 Å². The Morgan fingerprint density at radius 3 is 2.29 bits per heavy atom. The normalized spacial score (nSPS) is 16.6. The second-order valence-electron chi connectivity index (χ2n) is 5.00. The van der Waals surface area contributed by atoms with Gasteiger partial charge in [0, 0.05) is 17.1 Å². The molecule has 0 atom stereocenters. The predicted octanol–water partition coefficient (Wildman–Crippen LogP) is 4.88. The van der Waals surface area contributed by atoms with Crippen LogP contribution >= 0.6 is 39.1 Å². The topological polar surface area (TPSA) is 37.4 Å². The van der Waals surface area contributed by atoms with Crippen LogP contribution in [0.1, 0.15) is 25.7 Å². The second kappa shape index (κ2) is 7.01. The van der Waals surface area contributed by atoms with Gasteiger partial charge in [0.05, 0.1) is 10.0 Å². The van der Waals surface area contributed by atoms with Gasteiger partial charge in [-0.05, 0) is 25.0 Å². The molecular formula is C14H16BrCl2NO2S. The molecule has 1 fully saturated rings. The van der Waals surface area contributed by atoms with Crippen LogP contribution in [0.2, 0.25) is 10.0 Å². The average molecular weight is 413 g/mol. The summed E-state index contributed by atoms with van der Waals surface area (Å²) < 4.78 is 28.0. The third kappa shape index (κ3) is 3.64. The van der Waals surface area contributed by atoms with Crippen LogP contribution in [0.5, 0.6) is 0 Å². The number of benzene rings is 1. The highest BCUT2D eigenvalue weighted by molar-refractivity contribution is 9.10. The van der Waals surface area contributed by atoms with Crippen LogP contribution in [0.15, 0.2) is 34.2 Å². The Bertz CT molecular complexity index is 619. The van der Waals surface area contributed by atoms with Crippen molar-refractivity contribution in [2.45, 2.75) is 36.6 Å². The van der Waals surface area contributed by atoms with E-state index in [1.807, 2.05) is 0 Å². The Morgan fingerprint density at radius 1 is 1.29 bits per heavy atom. The van der Waals surface area contributed by atoms with Crippen molar-refractivity contribution in [2.24, 2.45) is 0 Å². The lowest BCUT2D eigenvalue weighted by Crippen LogP contribution is -2.39. The van der Waals surface area contributed by atoms with E-state index in [0.29, 0.717) is 4.47 Å². The Labute approximate surface area is 144 Å². The quantitative estimate of drug-likeness (QED) is 0.646. The van der Waals surface area contributed by atoms with Gasteiger partial charge in [-0.15, -0.1) is 6.58 Å². The van der Waals surface area contributed by atoms with Gasteiger partial charge in [0.2, 0.25) is 10.0 Å². The lowest BCUT2D eigenvalue weighted by Gasteiger charge is -2.27. The third-order valence-electron chi connectivity index (χ3n) is 3.57. The maximum atomic E-state index is 13.0. The summed E-state index contributed by atoms with van der Waals surface area (Å²) in [6.07, 6.45) is 5.39. The Kier molecular flexibility index (Phi) is 5.77. The minimum Gasteiger partial charge on any atom is -0.207 e. The molecule has 1 aromatic carbocycles. The van der Waals surface area contributed by atoms with Gasteiger partial charge in [-0.3, -0.25) is 0 Å². The lowest BCUT2D eigenvalue weighted by atomic mass is 10.2. The Hall–Kier alpha value is -0.0700. The highest BCUT2D eigenvalue weighted by Crippen LogP contribution is 2.37. The summed E-state index contributed by atoms with van der Waals surface area (Å²) in [7, 11) is -3.75. The van der Waals surface area contributed by atoms with Crippen molar-refractivity contribution in [1.82, 2.24) is 4.31 Å². The maximum Gasteiger partial charge on any atom is 0.246 e. The molecule has 1 saturated carbocycles. The molecule has 0 radical (unpaired) electrons. The van der Waals surface area contributed by atoms with Crippen molar-refractivity contribution < 1.29 is 8.42 Å². The zero-order chi connectivity index (χ0) is 15.6. The lowest BCUT2D eigenvalue weighted by molar-refractivity contribution is 0.347. The van der Waals surface area contributed by atoms with Crippen molar-refractivity contribution in [3.63, 3.8) is 0 Å². The minimum atomic E-state index is -3.75. The highest BCUT2D eigenvalue weighted by atomic mass is 79.9.